The Morgan fingerprint density at radius 3 is 2.43 bits per heavy atom. The number of carbonyl (C=O) groups excluding carboxylic acids is 2. The Labute approximate surface area is 174 Å². The van der Waals surface area contributed by atoms with Crippen LogP contribution in [-0.4, -0.2) is 21.9 Å². The van der Waals surface area contributed by atoms with Gasteiger partial charge in [0.1, 0.15) is 5.69 Å². The lowest BCUT2D eigenvalue weighted by atomic mass is 10.0. The van der Waals surface area contributed by atoms with Gasteiger partial charge in [-0.05, 0) is 42.0 Å². The van der Waals surface area contributed by atoms with Gasteiger partial charge in [0, 0.05) is 29.1 Å². The maximum Gasteiger partial charge on any atom is 0.273 e. The smallest absolute Gasteiger partial charge is 0.273 e. The third kappa shape index (κ3) is 3.50. The Balaban J connectivity index is 1.77. The number of ketones is 1. The van der Waals surface area contributed by atoms with E-state index in [1.165, 1.54) is 18.3 Å². The first-order valence-electron chi connectivity index (χ1n) is 8.90. The summed E-state index contributed by atoms with van der Waals surface area (Å²) in [5, 5.41) is 20.2. The van der Waals surface area contributed by atoms with Crippen LogP contribution in [0.1, 0.15) is 28.5 Å². The van der Waals surface area contributed by atoms with Crippen LogP contribution in [0.5, 0.6) is 0 Å². The number of thiophene rings is 1. The maximum atomic E-state index is 13.0. The summed E-state index contributed by atoms with van der Waals surface area (Å²) >= 11 is 1.27. The first kappa shape index (κ1) is 19.2. The monoisotopic (exact) mass is 414 g/mol. The first-order chi connectivity index (χ1) is 14.5. The zero-order valence-corrected chi connectivity index (χ0v) is 16.5. The number of carbonyl (C=O) groups is 2. The fraction of sp³-hybridized carbons (Fsp3) is 0.0455. The van der Waals surface area contributed by atoms with Crippen LogP contribution in [0.25, 0.3) is 21.2 Å². The molecule has 7 nitrogen and oxygen atoms in total. The molecule has 0 saturated carbocycles. The molecule has 0 aliphatic heterocycles. The van der Waals surface area contributed by atoms with E-state index in [0.29, 0.717) is 32.5 Å². The van der Waals surface area contributed by atoms with E-state index in [0.717, 1.165) is 5.56 Å². The molecule has 0 atom stereocenters. The van der Waals surface area contributed by atoms with Gasteiger partial charge in [-0.1, -0.05) is 12.1 Å². The summed E-state index contributed by atoms with van der Waals surface area (Å²) in [7, 11) is 0. The van der Waals surface area contributed by atoms with E-state index in [4.69, 9.17) is 5.26 Å². The van der Waals surface area contributed by atoms with E-state index in [2.05, 4.69) is 21.6 Å². The Morgan fingerprint density at radius 2 is 1.80 bits per heavy atom. The van der Waals surface area contributed by atoms with Crippen LogP contribution in [-0.2, 0) is 4.79 Å². The van der Waals surface area contributed by atoms with Crippen LogP contribution in [0.3, 0.4) is 0 Å². The van der Waals surface area contributed by atoms with Gasteiger partial charge in [0.2, 0.25) is 11.7 Å². The number of hydrogen-bond donors (Lipinski definition) is 2. The second-order valence-corrected chi connectivity index (χ2v) is 7.41. The largest absolute Gasteiger partial charge is 0.326 e. The molecule has 0 unspecified atom stereocenters. The molecule has 0 radical (unpaired) electrons. The lowest BCUT2D eigenvalue weighted by molar-refractivity contribution is -0.114. The van der Waals surface area contributed by atoms with Crippen LogP contribution >= 0.6 is 11.3 Å². The predicted octanol–water partition coefficient (Wildman–Crippen LogP) is 3.71. The van der Waals surface area contributed by atoms with E-state index in [-0.39, 0.29) is 22.9 Å². The maximum absolute atomic E-state index is 13.0. The van der Waals surface area contributed by atoms with Gasteiger partial charge >= 0.3 is 0 Å². The summed E-state index contributed by atoms with van der Waals surface area (Å²) in [6, 6.07) is 15.4. The first-order valence-corrected chi connectivity index (χ1v) is 9.78. The number of fused-ring (bicyclic) bond motifs is 1. The number of nitrogens with one attached hydrogen (secondary N) is 2. The van der Waals surface area contributed by atoms with Crippen molar-refractivity contribution < 1.29 is 9.59 Å². The highest BCUT2D eigenvalue weighted by Gasteiger charge is 2.20. The molecule has 0 aliphatic carbocycles. The van der Waals surface area contributed by atoms with Crippen molar-refractivity contribution >= 4 is 38.8 Å². The van der Waals surface area contributed by atoms with Gasteiger partial charge in [-0.3, -0.25) is 14.4 Å². The minimum atomic E-state index is -0.386. The second kappa shape index (κ2) is 7.73. The van der Waals surface area contributed by atoms with E-state index >= 15 is 0 Å². The van der Waals surface area contributed by atoms with Crippen molar-refractivity contribution in [2.24, 2.45) is 0 Å². The van der Waals surface area contributed by atoms with Crippen molar-refractivity contribution in [3.8, 4) is 17.2 Å². The standard InChI is InChI=1S/C22H14N4O3S/c1-12(27)24-16-8-6-15(7-9-16)20(28)19-21-18(22(29)26-25-19)17(11-30-21)14-4-2-13(10-23)3-5-14/h2-9,11H,1H3,(H,24,27)(H,26,29). The van der Waals surface area contributed by atoms with Crippen LogP contribution in [0.15, 0.2) is 58.7 Å². The summed E-state index contributed by atoms with van der Waals surface area (Å²) in [5.41, 5.74) is 2.71. The van der Waals surface area contributed by atoms with E-state index in [1.807, 2.05) is 0 Å². The number of nitriles is 1. The summed E-state index contributed by atoms with van der Waals surface area (Å²) < 4.78 is 0.494. The van der Waals surface area contributed by atoms with Crippen LogP contribution in [0.2, 0.25) is 0 Å². The lowest BCUT2D eigenvalue weighted by Gasteiger charge is -2.05. The molecule has 4 aromatic rings. The highest BCUT2D eigenvalue weighted by molar-refractivity contribution is 7.18. The number of benzene rings is 2. The molecule has 2 N–H and O–H groups in total. The molecule has 0 aliphatic rings. The molecule has 2 heterocycles. The Morgan fingerprint density at radius 1 is 1.10 bits per heavy atom. The lowest BCUT2D eigenvalue weighted by Crippen LogP contribution is -2.14. The van der Waals surface area contributed by atoms with E-state index < -0.39 is 0 Å². The number of anilines is 1. The number of hydrogen-bond acceptors (Lipinski definition) is 6. The van der Waals surface area contributed by atoms with Crippen LogP contribution < -0.4 is 10.9 Å². The Kier molecular flexibility index (Phi) is 4.96. The molecule has 146 valence electrons. The topological polar surface area (TPSA) is 116 Å². The number of H-pyrrole nitrogens is 1. The minimum Gasteiger partial charge on any atom is -0.326 e. The molecule has 8 heteroatoms. The molecule has 0 saturated heterocycles. The normalized spacial score (nSPS) is 10.5. The minimum absolute atomic E-state index is 0.154. The van der Waals surface area contributed by atoms with Gasteiger partial charge in [0.05, 0.1) is 21.7 Å². The van der Waals surface area contributed by atoms with Crippen molar-refractivity contribution in [2.45, 2.75) is 6.92 Å². The predicted molar refractivity (Wildman–Crippen MR) is 115 cm³/mol. The number of rotatable bonds is 4. The molecule has 2 aromatic carbocycles. The molecule has 2 aromatic heterocycles. The number of aromatic nitrogens is 2. The Hall–Kier alpha value is -4.09. The second-order valence-electron chi connectivity index (χ2n) is 6.53. The quantitative estimate of drug-likeness (QED) is 0.494. The number of amides is 1. The van der Waals surface area contributed by atoms with Crippen molar-refractivity contribution in [1.29, 1.82) is 5.26 Å². The van der Waals surface area contributed by atoms with Gasteiger partial charge in [0.25, 0.3) is 5.56 Å². The van der Waals surface area contributed by atoms with Gasteiger partial charge in [-0.25, -0.2) is 5.10 Å². The summed E-state index contributed by atoms with van der Waals surface area (Å²) in [6.07, 6.45) is 0. The molecule has 0 bridgehead atoms. The summed E-state index contributed by atoms with van der Waals surface area (Å²) in [6.45, 7) is 1.41. The van der Waals surface area contributed by atoms with Crippen molar-refractivity contribution in [3.05, 3.63) is 81.1 Å². The van der Waals surface area contributed by atoms with Crippen molar-refractivity contribution in [1.82, 2.24) is 10.2 Å². The molecular formula is C22H14N4O3S. The van der Waals surface area contributed by atoms with Crippen molar-refractivity contribution in [2.75, 3.05) is 5.32 Å². The van der Waals surface area contributed by atoms with E-state index in [9.17, 15) is 14.4 Å². The van der Waals surface area contributed by atoms with Gasteiger partial charge in [0.15, 0.2) is 0 Å². The number of nitrogens with zero attached hydrogens (tertiary/aromatic N) is 2. The van der Waals surface area contributed by atoms with E-state index in [1.54, 1.807) is 53.9 Å². The molecule has 1 amide bonds. The third-order valence-corrected chi connectivity index (χ3v) is 5.50. The summed E-state index contributed by atoms with van der Waals surface area (Å²) in [5.74, 6) is -0.536. The SMILES string of the molecule is CC(=O)Nc1ccc(C(=O)c2n[nH]c(=O)c3c(-c4ccc(C#N)cc4)csc23)cc1. The molecule has 0 spiro atoms. The van der Waals surface area contributed by atoms with Gasteiger partial charge in [-0.2, -0.15) is 10.4 Å². The number of aromatic amines is 1. The van der Waals surface area contributed by atoms with Crippen molar-refractivity contribution in [3.63, 3.8) is 0 Å². The fourth-order valence-electron chi connectivity index (χ4n) is 3.11. The third-order valence-electron chi connectivity index (χ3n) is 4.51. The zero-order chi connectivity index (χ0) is 21.3. The molecule has 4 rings (SSSR count). The molecular weight excluding hydrogens is 400 g/mol. The van der Waals surface area contributed by atoms with Gasteiger partial charge in [-0.15, -0.1) is 11.3 Å². The zero-order valence-electron chi connectivity index (χ0n) is 15.7. The average Bonchev–Trinajstić information content (AvgIpc) is 3.20. The summed E-state index contributed by atoms with van der Waals surface area (Å²) in [4.78, 5) is 36.7. The highest BCUT2D eigenvalue weighted by Crippen LogP contribution is 2.33. The molecule has 0 fully saturated rings. The van der Waals surface area contributed by atoms with Crippen LogP contribution in [0, 0.1) is 11.3 Å². The highest BCUT2D eigenvalue weighted by atomic mass is 32.1. The van der Waals surface area contributed by atoms with Crippen LogP contribution in [0.4, 0.5) is 5.69 Å². The Bertz CT molecular complexity index is 1380. The molecule has 30 heavy (non-hydrogen) atoms. The van der Waals surface area contributed by atoms with Gasteiger partial charge < -0.3 is 5.32 Å². The average molecular weight is 414 g/mol. The fourth-order valence-corrected chi connectivity index (χ4v) is 4.17.